The predicted molar refractivity (Wildman–Crippen MR) is 130 cm³/mol. The number of rotatable bonds is 7. The standard InChI is InChI=1S/C27H27NO6/c1-5-14(2)23(26(30)31)28-22(29)12-19-15(3)18-11-20-21(17-9-7-6-8-10-17)13-33-24(20)16(4)25(18)34-27(19)32/h6-11,13-14,23H,5,12H2,1-4H3,(H,28,29)(H,30,31)/t14-,23+/m1/s1. The number of carboxylic acids is 1. The second-order valence-corrected chi connectivity index (χ2v) is 8.71. The van der Waals surface area contributed by atoms with Gasteiger partial charge in [0.2, 0.25) is 5.91 Å². The van der Waals surface area contributed by atoms with Gasteiger partial charge in [-0.2, -0.15) is 0 Å². The summed E-state index contributed by atoms with van der Waals surface area (Å²) in [4.78, 5) is 37.1. The summed E-state index contributed by atoms with van der Waals surface area (Å²) in [6.45, 7) is 7.23. The van der Waals surface area contributed by atoms with Crippen molar-refractivity contribution in [2.75, 3.05) is 0 Å². The maximum atomic E-state index is 12.8. The zero-order valence-electron chi connectivity index (χ0n) is 19.6. The lowest BCUT2D eigenvalue weighted by Gasteiger charge is -2.20. The molecule has 2 atom stereocenters. The number of aryl methyl sites for hydroxylation is 2. The number of benzene rings is 2. The van der Waals surface area contributed by atoms with E-state index < -0.39 is 23.5 Å². The molecule has 2 heterocycles. The number of fused-ring (bicyclic) bond motifs is 2. The Kier molecular flexibility index (Phi) is 6.28. The molecule has 7 heteroatoms. The third kappa shape index (κ3) is 4.09. The molecule has 1 amide bonds. The second-order valence-electron chi connectivity index (χ2n) is 8.71. The Morgan fingerprint density at radius 2 is 1.76 bits per heavy atom. The maximum absolute atomic E-state index is 12.8. The summed E-state index contributed by atoms with van der Waals surface area (Å²) >= 11 is 0. The van der Waals surface area contributed by atoms with Crippen molar-refractivity contribution < 1.29 is 23.5 Å². The van der Waals surface area contributed by atoms with Gasteiger partial charge in [-0.1, -0.05) is 50.6 Å². The number of hydrogen-bond acceptors (Lipinski definition) is 5. The highest BCUT2D eigenvalue weighted by Gasteiger charge is 2.26. The third-order valence-corrected chi connectivity index (χ3v) is 6.56. The summed E-state index contributed by atoms with van der Waals surface area (Å²) in [5.41, 5.74) is 3.89. The van der Waals surface area contributed by atoms with E-state index in [1.807, 2.05) is 50.2 Å². The molecule has 0 aliphatic rings. The molecule has 0 aliphatic carbocycles. The first kappa shape index (κ1) is 23.3. The van der Waals surface area contributed by atoms with Crippen molar-refractivity contribution in [3.63, 3.8) is 0 Å². The molecule has 2 N–H and O–H groups in total. The molecule has 0 bridgehead atoms. The Bertz CT molecular complexity index is 1450. The van der Waals surface area contributed by atoms with Gasteiger partial charge in [0.25, 0.3) is 0 Å². The highest BCUT2D eigenvalue weighted by Crippen LogP contribution is 2.37. The summed E-state index contributed by atoms with van der Waals surface area (Å²) in [6, 6.07) is 10.7. The lowest BCUT2D eigenvalue weighted by atomic mass is 9.96. The third-order valence-electron chi connectivity index (χ3n) is 6.56. The van der Waals surface area contributed by atoms with Crippen LogP contribution in [0.4, 0.5) is 0 Å². The van der Waals surface area contributed by atoms with E-state index in [4.69, 9.17) is 8.83 Å². The van der Waals surface area contributed by atoms with Crippen LogP contribution >= 0.6 is 0 Å². The number of nitrogens with one attached hydrogen (secondary N) is 1. The summed E-state index contributed by atoms with van der Waals surface area (Å²) in [6.07, 6.45) is 2.02. The smallest absolute Gasteiger partial charge is 0.340 e. The van der Waals surface area contributed by atoms with E-state index in [9.17, 15) is 19.5 Å². The monoisotopic (exact) mass is 461 g/mol. The molecule has 2 aromatic heterocycles. The average molecular weight is 462 g/mol. The van der Waals surface area contributed by atoms with Crippen LogP contribution in [0.2, 0.25) is 0 Å². The van der Waals surface area contributed by atoms with Gasteiger partial charge in [0.1, 0.15) is 17.2 Å². The van der Waals surface area contributed by atoms with Crippen LogP contribution in [0.25, 0.3) is 33.1 Å². The quantitative estimate of drug-likeness (QED) is 0.376. The highest BCUT2D eigenvalue weighted by molar-refractivity contribution is 6.05. The molecule has 176 valence electrons. The summed E-state index contributed by atoms with van der Waals surface area (Å²) < 4.78 is 11.5. The van der Waals surface area contributed by atoms with Gasteiger partial charge in [-0.05, 0) is 37.0 Å². The Balaban J connectivity index is 1.79. The van der Waals surface area contributed by atoms with E-state index in [1.165, 1.54) is 0 Å². The summed E-state index contributed by atoms with van der Waals surface area (Å²) in [5, 5.41) is 13.6. The minimum Gasteiger partial charge on any atom is -0.480 e. The van der Waals surface area contributed by atoms with Gasteiger partial charge in [-0.25, -0.2) is 9.59 Å². The molecular formula is C27H27NO6. The van der Waals surface area contributed by atoms with E-state index in [-0.39, 0.29) is 17.9 Å². The van der Waals surface area contributed by atoms with E-state index in [0.29, 0.717) is 34.1 Å². The lowest BCUT2D eigenvalue weighted by molar-refractivity contribution is -0.143. The van der Waals surface area contributed by atoms with Gasteiger partial charge in [0, 0.05) is 21.9 Å². The Morgan fingerprint density at radius 3 is 2.41 bits per heavy atom. The largest absolute Gasteiger partial charge is 0.480 e. The normalized spacial score (nSPS) is 13.2. The van der Waals surface area contributed by atoms with Crippen LogP contribution < -0.4 is 10.9 Å². The fourth-order valence-corrected chi connectivity index (χ4v) is 4.31. The summed E-state index contributed by atoms with van der Waals surface area (Å²) in [5.74, 6) is -1.88. The van der Waals surface area contributed by atoms with Crippen molar-refractivity contribution in [2.45, 2.75) is 46.6 Å². The van der Waals surface area contributed by atoms with Gasteiger partial charge >= 0.3 is 11.6 Å². The lowest BCUT2D eigenvalue weighted by Crippen LogP contribution is -2.45. The van der Waals surface area contributed by atoms with Crippen molar-refractivity contribution in [3.8, 4) is 11.1 Å². The molecule has 0 unspecified atom stereocenters. The van der Waals surface area contributed by atoms with Crippen molar-refractivity contribution in [1.29, 1.82) is 0 Å². The van der Waals surface area contributed by atoms with Crippen LogP contribution in [-0.2, 0) is 16.0 Å². The molecule has 2 aromatic carbocycles. The minimum atomic E-state index is -1.10. The van der Waals surface area contributed by atoms with Crippen LogP contribution in [-0.4, -0.2) is 23.0 Å². The predicted octanol–water partition coefficient (Wildman–Crippen LogP) is 4.98. The number of furan rings is 1. The molecule has 0 saturated heterocycles. The molecule has 0 aliphatic heterocycles. The maximum Gasteiger partial charge on any atom is 0.340 e. The molecule has 0 radical (unpaired) electrons. The zero-order valence-corrected chi connectivity index (χ0v) is 19.6. The summed E-state index contributed by atoms with van der Waals surface area (Å²) in [7, 11) is 0. The van der Waals surface area contributed by atoms with Crippen LogP contribution in [0.15, 0.2) is 56.3 Å². The molecule has 0 fully saturated rings. The Labute approximate surface area is 196 Å². The van der Waals surface area contributed by atoms with Crippen LogP contribution in [0.3, 0.4) is 0 Å². The Hall–Kier alpha value is -3.87. The number of hydrogen-bond donors (Lipinski definition) is 2. The SMILES string of the molecule is CC[C@@H](C)[C@H](NC(=O)Cc1c(C)c2cc3c(-c4ccccc4)coc3c(C)c2oc1=O)C(=O)O. The van der Waals surface area contributed by atoms with Gasteiger partial charge in [-0.15, -0.1) is 0 Å². The van der Waals surface area contributed by atoms with Crippen LogP contribution in [0, 0.1) is 19.8 Å². The van der Waals surface area contributed by atoms with Gasteiger partial charge < -0.3 is 19.3 Å². The number of carboxylic acid groups (broad SMARTS) is 1. The number of aliphatic carboxylic acids is 1. The van der Waals surface area contributed by atoms with Crippen LogP contribution in [0.5, 0.6) is 0 Å². The van der Waals surface area contributed by atoms with Gasteiger partial charge in [0.15, 0.2) is 0 Å². The average Bonchev–Trinajstić information content (AvgIpc) is 3.25. The van der Waals surface area contributed by atoms with Crippen molar-refractivity contribution in [1.82, 2.24) is 5.32 Å². The van der Waals surface area contributed by atoms with Gasteiger partial charge in [-0.3, -0.25) is 4.79 Å². The molecule has 0 saturated carbocycles. The van der Waals surface area contributed by atoms with E-state index in [2.05, 4.69) is 5.32 Å². The molecule has 0 spiro atoms. The van der Waals surface area contributed by atoms with Crippen molar-refractivity contribution in [3.05, 3.63) is 69.8 Å². The fraction of sp³-hybridized carbons (Fsp3) is 0.296. The number of amides is 1. The first-order valence-electron chi connectivity index (χ1n) is 11.3. The highest BCUT2D eigenvalue weighted by atomic mass is 16.4. The van der Waals surface area contributed by atoms with E-state index in [1.54, 1.807) is 20.1 Å². The Morgan fingerprint density at radius 1 is 1.06 bits per heavy atom. The number of carbonyl (C=O) groups excluding carboxylic acids is 1. The molecular weight excluding hydrogens is 434 g/mol. The second kappa shape index (κ2) is 9.17. The molecule has 34 heavy (non-hydrogen) atoms. The topological polar surface area (TPSA) is 110 Å². The minimum absolute atomic E-state index is 0.210. The molecule has 7 nitrogen and oxygen atoms in total. The molecule has 4 aromatic rings. The zero-order chi connectivity index (χ0) is 24.6. The first-order chi connectivity index (χ1) is 16.2. The van der Waals surface area contributed by atoms with Crippen LogP contribution in [0.1, 0.15) is 37.0 Å². The fourth-order valence-electron chi connectivity index (χ4n) is 4.31. The molecule has 4 rings (SSSR count). The first-order valence-corrected chi connectivity index (χ1v) is 11.3. The van der Waals surface area contributed by atoms with Crippen molar-refractivity contribution >= 4 is 33.8 Å². The van der Waals surface area contributed by atoms with Crippen molar-refractivity contribution in [2.24, 2.45) is 5.92 Å². The van der Waals surface area contributed by atoms with E-state index >= 15 is 0 Å². The number of carbonyl (C=O) groups is 2. The van der Waals surface area contributed by atoms with Gasteiger partial charge in [0.05, 0.1) is 18.2 Å². The van der Waals surface area contributed by atoms with E-state index in [0.717, 1.165) is 16.5 Å².